The number of nitrogens with two attached hydrogens (primary N) is 1. The third kappa shape index (κ3) is 13.1. The van der Waals surface area contributed by atoms with Gasteiger partial charge in [0.2, 0.25) is 35.4 Å². The van der Waals surface area contributed by atoms with E-state index in [4.69, 9.17) is 15.9 Å². The maximum Gasteiger partial charge on any atom is 0.326 e. The number of aliphatic carboxylic acids is 2. The van der Waals surface area contributed by atoms with Gasteiger partial charge in [0.05, 0.1) is 25.6 Å². The van der Waals surface area contributed by atoms with Crippen molar-refractivity contribution < 1.29 is 53.7 Å². The highest BCUT2D eigenvalue weighted by atomic mass is 16.4. The Hall–Kier alpha value is -4.32. The van der Waals surface area contributed by atoms with Crippen LogP contribution in [0.4, 0.5) is 0 Å². The van der Waals surface area contributed by atoms with Gasteiger partial charge in [-0.15, -0.1) is 0 Å². The topological polar surface area (TPSA) is 287 Å². The van der Waals surface area contributed by atoms with E-state index in [0.29, 0.717) is 19.3 Å². The van der Waals surface area contributed by atoms with Crippen LogP contribution < -0.4 is 32.3 Å². The van der Waals surface area contributed by atoms with E-state index in [-0.39, 0.29) is 24.8 Å². The van der Waals surface area contributed by atoms with E-state index in [2.05, 4.69) is 21.3 Å². The van der Waals surface area contributed by atoms with E-state index < -0.39 is 103 Å². The Balaban J connectivity index is 2.81. The van der Waals surface area contributed by atoms with Gasteiger partial charge in [-0.1, -0.05) is 34.1 Å². The first-order valence-corrected chi connectivity index (χ1v) is 15.5. The Bertz CT molecular complexity index is 1170. The van der Waals surface area contributed by atoms with Crippen molar-refractivity contribution in [1.29, 1.82) is 0 Å². The minimum Gasteiger partial charge on any atom is -0.481 e. The van der Waals surface area contributed by atoms with Crippen LogP contribution in [0.3, 0.4) is 0 Å². The largest absolute Gasteiger partial charge is 0.481 e. The number of nitrogens with one attached hydrogen (secondary N) is 5. The molecule has 0 aromatic heterocycles. The summed E-state index contributed by atoms with van der Waals surface area (Å²) < 4.78 is 0. The molecule has 0 spiro atoms. The van der Waals surface area contributed by atoms with Crippen molar-refractivity contribution in [1.82, 2.24) is 31.5 Å². The second kappa shape index (κ2) is 19.4. The molecule has 1 heterocycles. The fourth-order valence-electron chi connectivity index (χ4n) is 4.84. The number of rotatable bonds is 19. The number of carboxylic acids is 2. The molecule has 266 valence electrons. The number of amides is 6. The van der Waals surface area contributed by atoms with E-state index in [0.717, 1.165) is 4.90 Å². The molecule has 0 aromatic carbocycles. The molecule has 1 saturated heterocycles. The van der Waals surface area contributed by atoms with Crippen LogP contribution in [0.25, 0.3) is 0 Å². The molecule has 1 rings (SSSR count). The number of hydrogen-bond donors (Lipinski definition) is 9. The normalized spacial score (nSPS) is 18.1. The first-order valence-electron chi connectivity index (χ1n) is 15.5. The molecular formula is C29H49N7O11. The SMILES string of the molecule is CC[C@H](C)[C@H](NC(=O)[C@@H](N)CC(C)C)C(=O)NCC(=O)N[C@@H](CO)C(=O)N1CCC[C@H]1C(=O)N[C@@H](C)C(=O)N[C@@H](CC(=O)O)C(=O)O. The highest BCUT2D eigenvalue weighted by Gasteiger charge is 2.39. The van der Waals surface area contributed by atoms with Crippen LogP contribution in [-0.4, -0.2) is 124 Å². The third-order valence-corrected chi connectivity index (χ3v) is 7.68. The monoisotopic (exact) mass is 671 g/mol. The van der Waals surface area contributed by atoms with Crippen LogP contribution in [0, 0.1) is 11.8 Å². The molecule has 0 aliphatic carbocycles. The lowest BCUT2D eigenvalue weighted by molar-refractivity contribution is -0.147. The number of likely N-dealkylation sites (tertiary alicyclic amines) is 1. The maximum atomic E-state index is 13.2. The first-order chi connectivity index (χ1) is 21.9. The standard InChI is InChI=1S/C29H49N7O11/c1-6-15(4)23(35-25(42)17(30)10-14(2)3)27(44)31-12-21(38)33-19(13-37)28(45)36-9-7-8-20(36)26(43)32-16(5)24(41)34-18(29(46)47)11-22(39)40/h14-20,23,37H,6-13,30H2,1-5H3,(H,31,44)(H,32,43)(H,33,38)(H,34,41)(H,35,42)(H,39,40)(H,46,47)/t15-,16-,17-,18-,19-,20-,23-/m0/s1. The van der Waals surface area contributed by atoms with Gasteiger partial charge in [-0.2, -0.15) is 0 Å². The summed E-state index contributed by atoms with van der Waals surface area (Å²) in [7, 11) is 0. The Kier molecular flexibility index (Phi) is 16.8. The summed E-state index contributed by atoms with van der Waals surface area (Å²) in [5.41, 5.74) is 5.94. The number of carbonyl (C=O) groups is 8. The molecule has 0 aromatic rings. The molecular weight excluding hydrogens is 622 g/mol. The van der Waals surface area contributed by atoms with E-state index in [9.17, 15) is 43.5 Å². The van der Waals surface area contributed by atoms with Crippen molar-refractivity contribution in [2.45, 2.75) is 103 Å². The smallest absolute Gasteiger partial charge is 0.326 e. The average molecular weight is 672 g/mol. The summed E-state index contributed by atoms with van der Waals surface area (Å²) in [6, 6.07) is -7.37. The van der Waals surface area contributed by atoms with Crippen LogP contribution in [0.2, 0.25) is 0 Å². The molecule has 0 bridgehead atoms. The summed E-state index contributed by atoms with van der Waals surface area (Å²) in [4.78, 5) is 100.0. The van der Waals surface area contributed by atoms with Crippen LogP contribution in [0.1, 0.15) is 66.7 Å². The fraction of sp³-hybridized carbons (Fsp3) is 0.724. The fourth-order valence-corrected chi connectivity index (χ4v) is 4.84. The first kappa shape index (κ1) is 40.7. The number of hydrogen-bond acceptors (Lipinski definition) is 10. The van der Waals surface area contributed by atoms with Gasteiger partial charge >= 0.3 is 11.9 Å². The van der Waals surface area contributed by atoms with Crippen molar-refractivity contribution >= 4 is 47.4 Å². The maximum absolute atomic E-state index is 13.2. The third-order valence-electron chi connectivity index (χ3n) is 7.68. The van der Waals surface area contributed by atoms with Gasteiger partial charge in [0.25, 0.3) is 0 Å². The van der Waals surface area contributed by atoms with Crippen LogP contribution in [-0.2, 0) is 38.4 Å². The Labute approximate surface area is 272 Å². The lowest BCUT2D eigenvalue weighted by atomic mass is 9.97. The number of carboxylic acid groups (broad SMARTS) is 2. The predicted molar refractivity (Wildman–Crippen MR) is 165 cm³/mol. The average Bonchev–Trinajstić information content (AvgIpc) is 3.49. The summed E-state index contributed by atoms with van der Waals surface area (Å²) in [5.74, 6) is -7.65. The van der Waals surface area contributed by atoms with Gasteiger partial charge in [0.15, 0.2) is 0 Å². The van der Waals surface area contributed by atoms with Gasteiger partial charge in [0.1, 0.15) is 30.2 Å². The Morgan fingerprint density at radius 2 is 1.51 bits per heavy atom. The molecule has 47 heavy (non-hydrogen) atoms. The summed E-state index contributed by atoms with van der Waals surface area (Å²) >= 11 is 0. The highest BCUT2D eigenvalue weighted by molar-refractivity contribution is 5.96. The van der Waals surface area contributed by atoms with E-state index in [1.54, 1.807) is 6.92 Å². The van der Waals surface area contributed by atoms with Crippen molar-refractivity contribution in [3.05, 3.63) is 0 Å². The van der Waals surface area contributed by atoms with E-state index in [1.165, 1.54) is 6.92 Å². The second-order valence-electron chi connectivity index (χ2n) is 12.0. The van der Waals surface area contributed by atoms with Gasteiger partial charge < -0.3 is 52.5 Å². The minimum atomic E-state index is -1.73. The molecule has 0 saturated carbocycles. The van der Waals surface area contributed by atoms with Crippen molar-refractivity contribution in [3.63, 3.8) is 0 Å². The zero-order valence-electron chi connectivity index (χ0n) is 27.4. The molecule has 6 amide bonds. The van der Waals surface area contributed by atoms with E-state index >= 15 is 0 Å². The molecule has 7 atom stereocenters. The predicted octanol–water partition coefficient (Wildman–Crippen LogP) is -2.98. The van der Waals surface area contributed by atoms with Crippen LogP contribution in [0.15, 0.2) is 0 Å². The summed E-state index contributed by atoms with van der Waals surface area (Å²) in [5, 5.41) is 39.6. The van der Waals surface area contributed by atoms with Crippen molar-refractivity contribution in [2.24, 2.45) is 17.6 Å². The minimum absolute atomic E-state index is 0.0928. The molecule has 0 radical (unpaired) electrons. The molecule has 1 aliphatic rings. The number of nitrogens with zero attached hydrogens (tertiary/aromatic N) is 1. The quantitative estimate of drug-likeness (QED) is 0.0665. The zero-order valence-corrected chi connectivity index (χ0v) is 27.4. The summed E-state index contributed by atoms with van der Waals surface area (Å²) in [6.07, 6.45) is 0.638. The van der Waals surface area contributed by atoms with Gasteiger partial charge in [-0.25, -0.2) is 4.79 Å². The van der Waals surface area contributed by atoms with E-state index in [1.807, 2.05) is 26.1 Å². The molecule has 0 unspecified atom stereocenters. The molecule has 18 nitrogen and oxygen atoms in total. The Morgan fingerprint density at radius 1 is 0.872 bits per heavy atom. The lowest BCUT2D eigenvalue weighted by Gasteiger charge is -2.29. The van der Waals surface area contributed by atoms with Gasteiger partial charge in [-0.05, 0) is 38.0 Å². The van der Waals surface area contributed by atoms with Crippen LogP contribution in [0.5, 0.6) is 0 Å². The molecule has 1 aliphatic heterocycles. The number of aliphatic hydroxyl groups is 1. The zero-order chi connectivity index (χ0) is 36.0. The molecule has 1 fully saturated rings. The number of carbonyl (C=O) groups excluding carboxylic acids is 6. The molecule has 18 heteroatoms. The van der Waals surface area contributed by atoms with Crippen molar-refractivity contribution in [2.75, 3.05) is 19.7 Å². The van der Waals surface area contributed by atoms with Gasteiger partial charge in [-0.3, -0.25) is 33.6 Å². The van der Waals surface area contributed by atoms with Gasteiger partial charge in [0, 0.05) is 6.54 Å². The molecule has 10 N–H and O–H groups in total. The highest BCUT2D eigenvalue weighted by Crippen LogP contribution is 2.19. The van der Waals surface area contributed by atoms with Crippen LogP contribution >= 0.6 is 0 Å². The summed E-state index contributed by atoms with van der Waals surface area (Å²) in [6.45, 7) is 7.31. The Morgan fingerprint density at radius 3 is 2.04 bits per heavy atom. The second-order valence-corrected chi connectivity index (χ2v) is 12.0. The lowest BCUT2D eigenvalue weighted by Crippen LogP contribution is -2.58. The number of aliphatic hydroxyl groups excluding tert-OH is 1. The van der Waals surface area contributed by atoms with Crippen molar-refractivity contribution in [3.8, 4) is 0 Å².